The molecule has 0 amide bonds. The van der Waals surface area contributed by atoms with Crippen molar-refractivity contribution in [3.05, 3.63) is 11.6 Å². The van der Waals surface area contributed by atoms with Crippen LogP contribution < -0.4 is 5.32 Å². The second kappa shape index (κ2) is 3.40. The maximum atomic E-state index is 3.33. The van der Waals surface area contributed by atoms with E-state index < -0.39 is 0 Å². The summed E-state index contributed by atoms with van der Waals surface area (Å²) in [5, 5.41) is 3.33. The molecule has 0 atom stereocenters. The molecule has 11 heavy (non-hydrogen) atoms. The summed E-state index contributed by atoms with van der Waals surface area (Å²) in [5.41, 5.74) is 2.07. The first kappa shape index (κ1) is 8.79. The van der Waals surface area contributed by atoms with Crippen molar-refractivity contribution in [1.82, 2.24) is 5.32 Å². The fourth-order valence-electron chi connectivity index (χ4n) is 1.46. The Morgan fingerprint density at radius 2 is 2.27 bits per heavy atom. The monoisotopic (exact) mass is 153 g/mol. The summed E-state index contributed by atoms with van der Waals surface area (Å²) in [6.45, 7) is 9.17. The highest BCUT2D eigenvalue weighted by Gasteiger charge is 2.21. The molecule has 0 aliphatic carbocycles. The van der Waals surface area contributed by atoms with Crippen LogP contribution in [0.1, 0.15) is 33.6 Å². The summed E-state index contributed by atoms with van der Waals surface area (Å²) in [4.78, 5) is 0. The van der Waals surface area contributed by atoms with Crippen molar-refractivity contribution in [3.63, 3.8) is 0 Å². The van der Waals surface area contributed by atoms with Crippen molar-refractivity contribution in [2.75, 3.05) is 13.1 Å². The lowest BCUT2D eigenvalue weighted by Crippen LogP contribution is -2.26. The molecule has 0 aromatic carbocycles. The zero-order valence-electron chi connectivity index (χ0n) is 7.91. The lowest BCUT2D eigenvalue weighted by atomic mass is 9.79. The first-order valence-corrected chi connectivity index (χ1v) is 4.57. The smallest absolute Gasteiger partial charge is 0.0137 e. The molecule has 0 unspecified atom stereocenters. The molecule has 1 aliphatic heterocycles. The minimum Gasteiger partial charge on any atom is -0.313 e. The number of hydrogen-bond donors (Lipinski definition) is 1. The third-order valence-corrected chi connectivity index (χ3v) is 2.82. The standard InChI is InChI=1S/C10H19N/c1-4-10(2,3)9-5-7-11-8-6-9/h5,11H,4,6-8H2,1-3H3. The SMILES string of the molecule is CCC(C)(C)C1=CCNCC1. The highest BCUT2D eigenvalue weighted by Crippen LogP contribution is 2.32. The zero-order chi connectivity index (χ0) is 8.32. The molecule has 1 aliphatic rings. The molecular formula is C10H19N. The van der Waals surface area contributed by atoms with Crippen LogP contribution >= 0.6 is 0 Å². The van der Waals surface area contributed by atoms with Gasteiger partial charge in [0.05, 0.1) is 0 Å². The number of nitrogens with one attached hydrogen (secondary N) is 1. The van der Waals surface area contributed by atoms with Gasteiger partial charge in [-0.05, 0) is 24.8 Å². The van der Waals surface area contributed by atoms with Gasteiger partial charge in [-0.15, -0.1) is 0 Å². The first-order chi connectivity index (χ1) is 5.17. The summed E-state index contributed by atoms with van der Waals surface area (Å²) in [6, 6.07) is 0. The van der Waals surface area contributed by atoms with Gasteiger partial charge in [0.1, 0.15) is 0 Å². The van der Waals surface area contributed by atoms with Crippen molar-refractivity contribution >= 4 is 0 Å². The Morgan fingerprint density at radius 1 is 1.55 bits per heavy atom. The Kier molecular flexibility index (Phi) is 2.72. The van der Waals surface area contributed by atoms with Crippen LogP contribution in [0.4, 0.5) is 0 Å². The average molecular weight is 153 g/mol. The fourth-order valence-corrected chi connectivity index (χ4v) is 1.46. The van der Waals surface area contributed by atoms with Gasteiger partial charge in [0, 0.05) is 6.54 Å². The highest BCUT2D eigenvalue weighted by molar-refractivity contribution is 5.15. The lowest BCUT2D eigenvalue weighted by molar-refractivity contribution is 0.403. The number of hydrogen-bond acceptors (Lipinski definition) is 1. The van der Waals surface area contributed by atoms with Gasteiger partial charge in [-0.2, -0.15) is 0 Å². The van der Waals surface area contributed by atoms with E-state index in [9.17, 15) is 0 Å². The molecule has 1 heteroatoms. The van der Waals surface area contributed by atoms with Crippen LogP contribution in [0.5, 0.6) is 0 Å². The predicted molar refractivity (Wildman–Crippen MR) is 49.6 cm³/mol. The summed E-state index contributed by atoms with van der Waals surface area (Å²) in [5.74, 6) is 0. The molecule has 0 aromatic rings. The van der Waals surface area contributed by atoms with Gasteiger partial charge in [0.15, 0.2) is 0 Å². The highest BCUT2D eigenvalue weighted by atomic mass is 14.8. The Labute approximate surface area is 69.9 Å². The van der Waals surface area contributed by atoms with Gasteiger partial charge in [-0.1, -0.05) is 32.4 Å². The van der Waals surface area contributed by atoms with Crippen LogP contribution in [-0.2, 0) is 0 Å². The van der Waals surface area contributed by atoms with Gasteiger partial charge >= 0.3 is 0 Å². The molecule has 1 rings (SSSR count). The van der Waals surface area contributed by atoms with E-state index in [1.807, 2.05) is 0 Å². The molecule has 1 heterocycles. The molecule has 0 aromatic heterocycles. The van der Waals surface area contributed by atoms with Crippen LogP contribution in [0.25, 0.3) is 0 Å². The van der Waals surface area contributed by atoms with E-state index in [0.29, 0.717) is 5.41 Å². The second-order valence-electron chi connectivity index (χ2n) is 3.92. The zero-order valence-corrected chi connectivity index (χ0v) is 7.91. The van der Waals surface area contributed by atoms with E-state index in [1.54, 1.807) is 5.57 Å². The molecule has 0 saturated carbocycles. The largest absolute Gasteiger partial charge is 0.313 e. The Bertz CT molecular complexity index is 156. The predicted octanol–water partition coefficient (Wildman–Crippen LogP) is 2.34. The summed E-state index contributed by atoms with van der Waals surface area (Å²) >= 11 is 0. The normalized spacial score (nSPS) is 19.7. The van der Waals surface area contributed by atoms with Crippen molar-refractivity contribution in [3.8, 4) is 0 Å². The first-order valence-electron chi connectivity index (χ1n) is 4.57. The molecular weight excluding hydrogens is 134 g/mol. The molecule has 1 nitrogen and oxygen atoms in total. The summed E-state index contributed by atoms with van der Waals surface area (Å²) in [6.07, 6.45) is 4.84. The maximum absolute atomic E-state index is 3.33. The average Bonchev–Trinajstić information content (AvgIpc) is 2.06. The van der Waals surface area contributed by atoms with Crippen molar-refractivity contribution in [2.45, 2.75) is 33.6 Å². The van der Waals surface area contributed by atoms with E-state index >= 15 is 0 Å². The molecule has 0 fully saturated rings. The quantitative estimate of drug-likeness (QED) is 0.600. The molecule has 0 bridgehead atoms. The summed E-state index contributed by atoms with van der Waals surface area (Å²) < 4.78 is 0. The third-order valence-electron chi connectivity index (χ3n) is 2.82. The van der Waals surface area contributed by atoms with Gasteiger partial charge in [0.2, 0.25) is 0 Å². The Hall–Kier alpha value is -0.300. The van der Waals surface area contributed by atoms with Crippen LogP contribution in [0.15, 0.2) is 11.6 Å². The van der Waals surface area contributed by atoms with Gasteiger partial charge < -0.3 is 5.32 Å². The fraction of sp³-hybridized carbons (Fsp3) is 0.800. The minimum atomic E-state index is 0.433. The van der Waals surface area contributed by atoms with E-state index in [4.69, 9.17) is 0 Å². The van der Waals surface area contributed by atoms with Crippen LogP contribution in [0.3, 0.4) is 0 Å². The third kappa shape index (κ3) is 2.06. The van der Waals surface area contributed by atoms with Gasteiger partial charge in [0.25, 0.3) is 0 Å². The Balaban J connectivity index is 2.64. The topological polar surface area (TPSA) is 12.0 Å². The van der Waals surface area contributed by atoms with E-state index in [-0.39, 0.29) is 0 Å². The lowest BCUT2D eigenvalue weighted by Gasteiger charge is -2.29. The Morgan fingerprint density at radius 3 is 2.73 bits per heavy atom. The van der Waals surface area contributed by atoms with Gasteiger partial charge in [-0.3, -0.25) is 0 Å². The van der Waals surface area contributed by atoms with E-state index in [1.165, 1.54) is 12.8 Å². The molecule has 0 spiro atoms. The molecule has 0 radical (unpaired) electrons. The molecule has 1 N–H and O–H groups in total. The second-order valence-corrected chi connectivity index (χ2v) is 3.92. The van der Waals surface area contributed by atoms with Crippen LogP contribution in [-0.4, -0.2) is 13.1 Å². The molecule has 0 saturated heterocycles. The van der Waals surface area contributed by atoms with E-state index in [0.717, 1.165) is 13.1 Å². The number of rotatable bonds is 2. The van der Waals surface area contributed by atoms with Crippen molar-refractivity contribution in [2.24, 2.45) is 5.41 Å². The van der Waals surface area contributed by atoms with Crippen LogP contribution in [0.2, 0.25) is 0 Å². The summed E-state index contributed by atoms with van der Waals surface area (Å²) in [7, 11) is 0. The maximum Gasteiger partial charge on any atom is 0.0137 e. The minimum absolute atomic E-state index is 0.433. The van der Waals surface area contributed by atoms with E-state index in [2.05, 4.69) is 32.2 Å². The van der Waals surface area contributed by atoms with Crippen LogP contribution in [0, 0.1) is 5.41 Å². The van der Waals surface area contributed by atoms with Gasteiger partial charge in [-0.25, -0.2) is 0 Å². The van der Waals surface area contributed by atoms with Crippen molar-refractivity contribution in [1.29, 1.82) is 0 Å². The van der Waals surface area contributed by atoms with Crippen molar-refractivity contribution < 1.29 is 0 Å². The molecule has 64 valence electrons.